The quantitative estimate of drug-likeness (QED) is 0.811. The molecular formula is C13H16Cl2N2. The van der Waals surface area contributed by atoms with Crippen molar-refractivity contribution in [3.8, 4) is 0 Å². The Morgan fingerprint density at radius 1 is 1.12 bits per heavy atom. The van der Waals surface area contributed by atoms with Crippen molar-refractivity contribution in [2.24, 2.45) is 4.99 Å². The van der Waals surface area contributed by atoms with E-state index in [2.05, 4.69) is 10.3 Å². The van der Waals surface area contributed by atoms with Crippen LogP contribution in [0, 0.1) is 0 Å². The molecule has 0 bridgehead atoms. The van der Waals surface area contributed by atoms with Crippen molar-refractivity contribution in [1.82, 2.24) is 5.32 Å². The first kappa shape index (κ1) is 12.7. The minimum absolute atomic E-state index is 0.772. The van der Waals surface area contributed by atoms with Crippen LogP contribution in [0.4, 0.5) is 0 Å². The number of unbranched alkanes of at least 4 members (excludes halogenated alkanes) is 1. The Morgan fingerprint density at radius 2 is 1.82 bits per heavy atom. The predicted molar refractivity (Wildman–Crippen MR) is 74.3 cm³/mol. The summed E-state index contributed by atoms with van der Waals surface area (Å²) in [6.45, 7) is 1.91. The molecule has 1 aliphatic heterocycles. The summed E-state index contributed by atoms with van der Waals surface area (Å²) in [6, 6.07) is 5.67. The van der Waals surface area contributed by atoms with Gasteiger partial charge in [-0.1, -0.05) is 29.3 Å². The van der Waals surface area contributed by atoms with Crippen LogP contribution in [0.5, 0.6) is 0 Å². The topological polar surface area (TPSA) is 24.4 Å². The summed E-state index contributed by atoms with van der Waals surface area (Å²) in [5, 5.41) is 4.82. The fraction of sp³-hybridized carbons (Fsp3) is 0.462. The molecule has 1 aromatic carbocycles. The molecule has 0 radical (unpaired) electrons. The number of aliphatic imine (C=N–C) groups is 1. The Kier molecular flexibility index (Phi) is 4.69. The van der Waals surface area contributed by atoms with E-state index in [0.717, 1.165) is 60.2 Å². The fourth-order valence-electron chi connectivity index (χ4n) is 1.98. The summed E-state index contributed by atoms with van der Waals surface area (Å²) in [5.41, 5.74) is 1.07. The minimum atomic E-state index is 0.772. The molecule has 0 fully saturated rings. The van der Waals surface area contributed by atoms with E-state index < -0.39 is 0 Å². The van der Waals surface area contributed by atoms with Crippen LogP contribution in [0.25, 0.3) is 0 Å². The maximum atomic E-state index is 6.12. The molecule has 17 heavy (non-hydrogen) atoms. The Balaban J connectivity index is 1.78. The number of nitrogens with zero attached hydrogens (tertiary/aromatic N) is 1. The van der Waals surface area contributed by atoms with Gasteiger partial charge >= 0.3 is 0 Å². The monoisotopic (exact) mass is 270 g/mol. The summed E-state index contributed by atoms with van der Waals surface area (Å²) in [6.07, 6.45) is 4.17. The predicted octanol–water partition coefficient (Wildman–Crippen LogP) is 3.71. The summed E-state index contributed by atoms with van der Waals surface area (Å²) < 4.78 is 0. The highest BCUT2D eigenvalue weighted by molar-refractivity contribution is 6.35. The molecule has 1 aromatic rings. The molecule has 0 spiro atoms. The van der Waals surface area contributed by atoms with Crippen LogP contribution in [-0.4, -0.2) is 18.9 Å². The highest BCUT2D eigenvalue weighted by Gasteiger charge is 2.07. The van der Waals surface area contributed by atoms with Crippen LogP contribution >= 0.6 is 23.2 Å². The molecule has 2 nitrogen and oxygen atoms in total. The average Bonchev–Trinajstić information content (AvgIpc) is 2.80. The summed E-state index contributed by atoms with van der Waals surface area (Å²) in [5.74, 6) is 1.15. The van der Waals surface area contributed by atoms with Crippen LogP contribution in [-0.2, 0) is 6.42 Å². The normalized spacial score (nSPS) is 14.6. The Hall–Kier alpha value is -0.730. The lowest BCUT2D eigenvalue weighted by Crippen LogP contribution is -2.18. The SMILES string of the molecule is Clc1cccc(Cl)c1CCCCC1=NCCN1. The highest BCUT2D eigenvalue weighted by atomic mass is 35.5. The zero-order valence-electron chi connectivity index (χ0n) is 9.68. The number of benzene rings is 1. The number of amidine groups is 1. The molecule has 0 amide bonds. The first-order chi connectivity index (χ1) is 8.27. The van der Waals surface area contributed by atoms with Gasteiger partial charge in [0, 0.05) is 23.0 Å². The number of rotatable bonds is 5. The lowest BCUT2D eigenvalue weighted by atomic mass is 10.1. The molecule has 0 aliphatic carbocycles. The maximum absolute atomic E-state index is 6.12. The zero-order chi connectivity index (χ0) is 12.1. The van der Waals surface area contributed by atoms with E-state index in [0.29, 0.717) is 0 Å². The maximum Gasteiger partial charge on any atom is 0.0964 e. The van der Waals surface area contributed by atoms with Crippen LogP contribution in [0.3, 0.4) is 0 Å². The third-order valence-electron chi connectivity index (χ3n) is 2.90. The van der Waals surface area contributed by atoms with Crippen LogP contribution in [0.1, 0.15) is 24.8 Å². The molecule has 1 heterocycles. The molecule has 1 N–H and O–H groups in total. The highest BCUT2D eigenvalue weighted by Crippen LogP contribution is 2.25. The molecule has 0 saturated heterocycles. The first-order valence-corrected chi connectivity index (χ1v) is 6.73. The van der Waals surface area contributed by atoms with Gasteiger partial charge < -0.3 is 5.32 Å². The van der Waals surface area contributed by atoms with Gasteiger partial charge in [0.05, 0.1) is 12.4 Å². The second kappa shape index (κ2) is 6.27. The van der Waals surface area contributed by atoms with Gasteiger partial charge in [-0.15, -0.1) is 0 Å². The molecule has 2 rings (SSSR count). The van der Waals surface area contributed by atoms with Gasteiger partial charge in [-0.05, 0) is 37.0 Å². The van der Waals surface area contributed by atoms with E-state index >= 15 is 0 Å². The fourth-order valence-corrected chi connectivity index (χ4v) is 2.57. The van der Waals surface area contributed by atoms with Crippen molar-refractivity contribution < 1.29 is 0 Å². The van der Waals surface area contributed by atoms with Gasteiger partial charge in [-0.3, -0.25) is 4.99 Å². The van der Waals surface area contributed by atoms with Gasteiger partial charge in [0.25, 0.3) is 0 Å². The van der Waals surface area contributed by atoms with Crippen LogP contribution < -0.4 is 5.32 Å². The van der Waals surface area contributed by atoms with Gasteiger partial charge in [-0.2, -0.15) is 0 Å². The second-order valence-electron chi connectivity index (χ2n) is 4.16. The van der Waals surface area contributed by atoms with Gasteiger partial charge in [0.1, 0.15) is 0 Å². The first-order valence-electron chi connectivity index (χ1n) is 5.97. The van der Waals surface area contributed by atoms with Crippen molar-refractivity contribution in [2.75, 3.05) is 13.1 Å². The molecule has 0 unspecified atom stereocenters. The second-order valence-corrected chi connectivity index (χ2v) is 4.98. The van der Waals surface area contributed by atoms with E-state index in [-0.39, 0.29) is 0 Å². The van der Waals surface area contributed by atoms with E-state index in [1.165, 1.54) is 0 Å². The largest absolute Gasteiger partial charge is 0.372 e. The van der Waals surface area contributed by atoms with E-state index in [1.54, 1.807) is 0 Å². The smallest absolute Gasteiger partial charge is 0.0964 e. The van der Waals surface area contributed by atoms with Crippen LogP contribution in [0.15, 0.2) is 23.2 Å². The van der Waals surface area contributed by atoms with Gasteiger partial charge in [0.15, 0.2) is 0 Å². The standard InChI is InChI=1S/C13H16Cl2N2/c14-11-5-3-6-12(15)10(11)4-1-2-7-13-16-8-9-17-13/h3,5-6H,1-2,4,7-9H2,(H,16,17). The van der Waals surface area contributed by atoms with Crippen molar-refractivity contribution >= 4 is 29.0 Å². The van der Waals surface area contributed by atoms with Crippen molar-refractivity contribution in [3.63, 3.8) is 0 Å². The molecular weight excluding hydrogens is 255 g/mol. The Labute approximate surface area is 112 Å². The molecule has 4 heteroatoms. The average molecular weight is 271 g/mol. The summed E-state index contributed by atoms with van der Waals surface area (Å²) in [4.78, 5) is 4.37. The Morgan fingerprint density at radius 3 is 2.47 bits per heavy atom. The number of hydrogen-bond donors (Lipinski definition) is 1. The molecule has 0 atom stereocenters. The summed E-state index contributed by atoms with van der Waals surface area (Å²) in [7, 11) is 0. The van der Waals surface area contributed by atoms with Gasteiger partial charge in [-0.25, -0.2) is 0 Å². The molecule has 0 saturated carbocycles. The summed E-state index contributed by atoms with van der Waals surface area (Å²) >= 11 is 12.2. The van der Waals surface area contributed by atoms with Crippen LogP contribution in [0.2, 0.25) is 10.0 Å². The lowest BCUT2D eigenvalue weighted by molar-refractivity contribution is 0.754. The van der Waals surface area contributed by atoms with E-state index in [4.69, 9.17) is 23.2 Å². The minimum Gasteiger partial charge on any atom is -0.372 e. The number of nitrogens with one attached hydrogen (secondary N) is 1. The molecule has 1 aliphatic rings. The zero-order valence-corrected chi connectivity index (χ0v) is 11.2. The lowest BCUT2D eigenvalue weighted by Gasteiger charge is -2.06. The third-order valence-corrected chi connectivity index (χ3v) is 3.60. The van der Waals surface area contributed by atoms with Gasteiger partial charge in [0.2, 0.25) is 0 Å². The Bertz CT molecular complexity index is 396. The van der Waals surface area contributed by atoms with Crippen molar-refractivity contribution in [3.05, 3.63) is 33.8 Å². The van der Waals surface area contributed by atoms with E-state index in [1.807, 2.05) is 18.2 Å². The molecule has 92 valence electrons. The van der Waals surface area contributed by atoms with Crippen molar-refractivity contribution in [1.29, 1.82) is 0 Å². The van der Waals surface area contributed by atoms with E-state index in [9.17, 15) is 0 Å². The number of hydrogen-bond acceptors (Lipinski definition) is 2. The van der Waals surface area contributed by atoms with Crippen molar-refractivity contribution in [2.45, 2.75) is 25.7 Å². The molecule has 0 aromatic heterocycles. The number of halogens is 2. The third kappa shape index (κ3) is 3.62.